The van der Waals surface area contributed by atoms with Gasteiger partial charge in [0.15, 0.2) is 0 Å². The van der Waals surface area contributed by atoms with Gasteiger partial charge in [0.05, 0.1) is 14.5 Å². The second-order valence-corrected chi connectivity index (χ2v) is 6.76. The van der Waals surface area contributed by atoms with E-state index in [4.69, 9.17) is 9.84 Å². The maximum absolute atomic E-state index is 13.3. The first-order valence-corrected chi connectivity index (χ1v) is 8.05. The Labute approximate surface area is 145 Å². The van der Waals surface area contributed by atoms with Crippen molar-refractivity contribution in [2.75, 3.05) is 0 Å². The third-order valence-electron chi connectivity index (χ3n) is 2.55. The first-order chi connectivity index (χ1) is 9.86. The first-order valence-electron chi connectivity index (χ1n) is 5.67. The molecule has 0 aliphatic rings. The molecule has 2 rings (SSSR count). The molecule has 0 fully saturated rings. The van der Waals surface area contributed by atoms with Crippen molar-refractivity contribution in [2.24, 2.45) is 0 Å². The molecular weight excluding hydrogens is 475 g/mol. The lowest BCUT2D eigenvalue weighted by molar-refractivity contribution is 0.0696. The SMILES string of the molecule is O=C(O)c1cc(Br)c(OCc2cc(F)cc(Br)c2)c(Br)c1. The van der Waals surface area contributed by atoms with Crippen molar-refractivity contribution >= 4 is 53.8 Å². The molecule has 0 unspecified atom stereocenters. The average molecular weight is 483 g/mol. The Bertz CT molecular complexity index is 661. The first kappa shape index (κ1) is 16.5. The van der Waals surface area contributed by atoms with Crippen LogP contribution in [0.4, 0.5) is 4.39 Å². The summed E-state index contributed by atoms with van der Waals surface area (Å²) in [5, 5.41) is 8.96. The third-order valence-corrected chi connectivity index (χ3v) is 4.19. The number of carbonyl (C=O) groups is 1. The molecule has 21 heavy (non-hydrogen) atoms. The predicted molar refractivity (Wildman–Crippen MR) is 87.2 cm³/mol. The maximum Gasteiger partial charge on any atom is 0.335 e. The number of halogens is 4. The molecule has 7 heteroatoms. The number of hydrogen-bond acceptors (Lipinski definition) is 2. The van der Waals surface area contributed by atoms with Crippen LogP contribution in [0.25, 0.3) is 0 Å². The number of carboxylic acid groups (broad SMARTS) is 1. The summed E-state index contributed by atoms with van der Waals surface area (Å²) in [6.45, 7) is 0.153. The van der Waals surface area contributed by atoms with Crippen molar-refractivity contribution in [2.45, 2.75) is 6.61 Å². The molecule has 3 nitrogen and oxygen atoms in total. The number of rotatable bonds is 4. The van der Waals surface area contributed by atoms with Crippen LogP contribution in [0.5, 0.6) is 5.75 Å². The lowest BCUT2D eigenvalue weighted by Crippen LogP contribution is -2.01. The zero-order valence-corrected chi connectivity index (χ0v) is 15.1. The lowest BCUT2D eigenvalue weighted by atomic mass is 10.2. The summed E-state index contributed by atoms with van der Waals surface area (Å²) >= 11 is 9.75. The molecule has 0 amide bonds. The summed E-state index contributed by atoms with van der Waals surface area (Å²) in [6.07, 6.45) is 0. The fraction of sp³-hybridized carbons (Fsp3) is 0.0714. The van der Waals surface area contributed by atoms with Crippen LogP contribution < -0.4 is 4.74 Å². The number of ether oxygens (including phenoxy) is 1. The number of aromatic carboxylic acids is 1. The van der Waals surface area contributed by atoms with E-state index in [2.05, 4.69) is 47.8 Å². The standard InChI is InChI=1S/C14H8Br3FO3/c15-9-1-7(2-10(18)5-9)6-21-13-11(16)3-8(14(19)20)4-12(13)17/h1-5H,6H2,(H,19,20). The van der Waals surface area contributed by atoms with Gasteiger partial charge < -0.3 is 9.84 Å². The molecule has 0 aromatic heterocycles. The van der Waals surface area contributed by atoms with Crippen LogP contribution in [-0.4, -0.2) is 11.1 Å². The molecule has 110 valence electrons. The molecule has 2 aromatic rings. The van der Waals surface area contributed by atoms with E-state index in [1.807, 2.05) is 0 Å². The van der Waals surface area contributed by atoms with Crippen LogP contribution in [0.3, 0.4) is 0 Å². The minimum Gasteiger partial charge on any atom is -0.487 e. The van der Waals surface area contributed by atoms with Gasteiger partial charge in [-0.15, -0.1) is 0 Å². The highest BCUT2D eigenvalue weighted by atomic mass is 79.9. The van der Waals surface area contributed by atoms with Crippen molar-refractivity contribution in [3.63, 3.8) is 0 Å². The average Bonchev–Trinajstić information content (AvgIpc) is 2.36. The maximum atomic E-state index is 13.3. The van der Waals surface area contributed by atoms with Crippen molar-refractivity contribution in [3.05, 3.63) is 60.7 Å². The summed E-state index contributed by atoms with van der Waals surface area (Å²) in [5.74, 6) is -0.931. The third kappa shape index (κ3) is 4.28. The Balaban J connectivity index is 2.22. The van der Waals surface area contributed by atoms with E-state index in [0.717, 1.165) is 0 Å². The topological polar surface area (TPSA) is 46.5 Å². The highest BCUT2D eigenvalue weighted by Crippen LogP contribution is 2.35. The molecule has 0 saturated carbocycles. The summed E-state index contributed by atoms with van der Waals surface area (Å²) in [7, 11) is 0. The van der Waals surface area contributed by atoms with Gasteiger partial charge in [0, 0.05) is 4.47 Å². The van der Waals surface area contributed by atoms with Crippen LogP contribution in [0.2, 0.25) is 0 Å². The molecule has 0 bridgehead atoms. The van der Waals surface area contributed by atoms with E-state index in [0.29, 0.717) is 24.7 Å². The van der Waals surface area contributed by atoms with Crippen molar-refractivity contribution < 1.29 is 19.0 Å². The van der Waals surface area contributed by atoms with Gasteiger partial charge in [0.2, 0.25) is 0 Å². The fourth-order valence-electron chi connectivity index (χ4n) is 1.67. The molecule has 0 aliphatic heterocycles. The highest BCUT2D eigenvalue weighted by molar-refractivity contribution is 9.11. The summed E-state index contributed by atoms with van der Waals surface area (Å²) in [4.78, 5) is 10.9. The molecule has 2 aromatic carbocycles. The summed E-state index contributed by atoms with van der Waals surface area (Å²) < 4.78 is 20.5. The minimum atomic E-state index is -1.03. The number of benzene rings is 2. The van der Waals surface area contributed by atoms with Crippen molar-refractivity contribution in [3.8, 4) is 5.75 Å². The van der Waals surface area contributed by atoms with Crippen LogP contribution in [0.15, 0.2) is 43.7 Å². The molecule has 1 N–H and O–H groups in total. The quantitative estimate of drug-likeness (QED) is 0.635. The highest BCUT2D eigenvalue weighted by Gasteiger charge is 2.13. The largest absolute Gasteiger partial charge is 0.487 e. The van der Waals surface area contributed by atoms with E-state index in [9.17, 15) is 9.18 Å². The second kappa shape index (κ2) is 6.89. The molecule has 0 spiro atoms. The van der Waals surface area contributed by atoms with Crippen LogP contribution in [0.1, 0.15) is 15.9 Å². The molecule has 0 atom stereocenters. The van der Waals surface area contributed by atoms with Gasteiger partial charge in [0.1, 0.15) is 18.2 Å². The smallest absolute Gasteiger partial charge is 0.335 e. The Hall–Kier alpha value is -0.920. The molecule has 0 saturated heterocycles. The van der Waals surface area contributed by atoms with Gasteiger partial charge in [-0.3, -0.25) is 0 Å². The van der Waals surface area contributed by atoms with Crippen LogP contribution in [0, 0.1) is 5.82 Å². The van der Waals surface area contributed by atoms with Gasteiger partial charge in [0.25, 0.3) is 0 Å². The fourth-order valence-corrected chi connectivity index (χ4v) is 3.60. The van der Waals surface area contributed by atoms with Crippen molar-refractivity contribution in [1.82, 2.24) is 0 Å². The molecule has 0 aliphatic carbocycles. The van der Waals surface area contributed by atoms with Crippen LogP contribution in [-0.2, 0) is 6.61 Å². The van der Waals surface area contributed by atoms with Crippen LogP contribution >= 0.6 is 47.8 Å². The van der Waals surface area contributed by atoms with E-state index in [1.165, 1.54) is 24.3 Å². The van der Waals surface area contributed by atoms with E-state index >= 15 is 0 Å². The summed E-state index contributed by atoms with van der Waals surface area (Å²) in [5.41, 5.74) is 0.789. The zero-order chi connectivity index (χ0) is 15.6. The van der Waals surface area contributed by atoms with E-state index in [-0.39, 0.29) is 18.0 Å². The Morgan fingerprint density at radius 2 is 1.71 bits per heavy atom. The Kier molecular flexibility index (Phi) is 5.40. The van der Waals surface area contributed by atoms with Gasteiger partial charge in [-0.1, -0.05) is 15.9 Å². The van der Waals surface area contributed by atoms with Gasteiger partial charge >= 0.3 is 5.97 Å². The second-order valence-electron chi connectivity index (χ2n) is 4.14. The Morgan fingerprint density at radius 3 is 2.24 bits per heavy atom. The molecular formula is C14H8Br3FO3. The number of carboxylic acids is 1. The van der Waals surface area contributed by atoms with Gasteiger partial charge in [-0.2, -0.15) is 0 Å². The zero-order valence-electron chi connectivity index (χ0n) is 10.4. The monoisotopic (exact) mass is 480 g/mol. The van der Waals surface area contributed by atoms with E-state index < -0.39 is 5.97 Å². The van der Waals surface area contributed by atoms with Crippen molar-refractivity contribution in [1.29, 1.82) is 0 Å². The Morgan fingerprint density at radius 1 is 1.10 bits per heavy atom. The van der Waals surface area contributed by atoms with Gasteiger partial charge in [-0.25, -0.2) is 9.18 Å². The normalized spacial score (nSPS) is 10.5. The summed E-state index contributed by atoms with van der Waals surface area (Å²) in [6, 6.07) is 7.37. The number of hydrogen-bond donors (Lipinski definition) is 1. The predicted octanol–water partition coefficient (Wildman–Crippen LogP) is 5.39. The van der Waals surface area contributed by atoms with Gasteiger partial charge in [-0.05, 0) is 67.8 Å². The minimum absolute atomic E-state index is 0.134. The molecule has 0 radical (unpaired) electrons. The molecule has 0 heterocycles. The lowest BCUT2D eigenvalue weighted by Gasteiger charge is -2.11. The van der Waals surface area contributed by atoms with E-state index in [1.54, 1.807) is 6.07 Å².